The lowest BCUT2D eigenvalue weighted by molar-refractivity contribution is -0.254. The van der Waals surface area contributed by atoms with Gasteiger partial charge in [-0.3, -0.25) is 4.79 Å². The van der Waals surface area contributed by atoms with Crippen molar-refractivity contribution in [2.45, 2.75) is 96.6 Å². The Bertz CT molecular complexity index is 1080. The first kappa shape index (κ1) is 28.9. The summed E-state index contributed by atoms with van der Waals surface area (Å²) in [6.07, 6.45) is 12.2. The zero-order valence-electron chi connectivity index (χ0n) is 23.3. The van der Waals surface area contributed by atoms with Crippen LogP contribution in [0.2, 0.25) is 0 Å². The van der Waals surface area contributed by atoms with Crippen molar-refractivity contribution in [3.63, 3.8) is 0 Å². The van der Waals surface area contributed by atoms with E-state index in [-0.39, 0.29) is 23.7 Å². The summed E-state index contributed by atoms with van der Waals surface area (Å²) in [4.78, 5) is 27.4. The lowest BCUT2D eigenvalue weighted by Crippen LogP contribution is -2.72. The first-order chi connectivity index (χ1) is 17.8. The van der Waals surface area contributed by atoms with Crippen LogP contribution in [-0.2, 0) is 14.3 Å². The van der Waals surface area contributed by atoms with Crippen LogP contribution in [0.5, 0.6) is 0 Å². The Labute approximate surface area is 226 Å². The maximum Gasteiger partial charge on any atom is 0.331 e. The molecule has 5 rings (SSSR count). The van der Waals surface area contributed by atoms with Crippen molar-refractivity contribution in [3.8, 4) is 0 Å². The predicted octanol–water partition coefficient (Wildman–Crippen LogP) is 3.56. The standard InChI is InChI=1S/C31H44O7/c1-6-7-8-9-10-11-12-13-24(33)38-29-16-20(3)30-15-19(2)25(34)31(30,37)26(35)21(18-32)14-22(27(30)36)23(17-29)28(29,4)5/h10-15,20,22-23,25-26,32,34-35,37H,6-9,16-18H2,1-5H3/b11-10+,13-12+/t20-,22+,23-,25+,26-,29?,30+,31-/m1/s1. The molecule has 7 heteroatoms. The molecule has 0 aromatic heterocycles. The second-order valence-corrected chi connectivity index (χ2v) is 12.5. The Morgan fingerprint density at radius 2 is 1.87 bits per heavy atom. The third kappa shape index (κ3) is 3.92. The highest BCUT2D eigenvalue weighted by Gasteiger charge is 2.76. The SMILES string of the molecule is CCCCC/C=C/C=C/C(=O)OC12C[C@H]([C@@H]3C=C(CO)[C@@H](O)[C@]4(O)[C@@H](O)C(C)=C[C@@]4(C3=O)[C@H](C)C1)C2(C)C. The van der Waals surface area contributed by atoms with Crippen LogP contribution >= 0.6 is 0 Å². The zero-order valence-corrected chi connectivity index (χ0v) is 23.3. The van der Waals surface area contributed by atoms with Crippen molar-refractivity contribution in [1.29, 1.82) is 0 Å². The molecular formula is C31H44O7. The van der Waals surface area contributed by atoms with Crippen LogP contribution in [0, 0.1) is 28.6 Å². The van der Waals surface area contributed by atoms with Crippen molar-refractivity contribution in [3.05, 3.63) is 47.6 Å². The molecule has 1 unspecified atom stereocenters. The largest absolute Gasteiger partial charge is 0.455 e. The van der Waals surface area contributed by atoms with Crippen LogP contribution in [0.4, 0.5) is 0 Å². The topological polar surface area (TPSA) is 124 Å². The highest BCUT2D eigenvalue weighted by molar-refractivity contribution is 5.95. The maximum absolute atomic E-state index is 14.4. The molecule has 210 valence electrons. The molecule has 38 heavy (non-hydrogen) atoms. The van der Waals surface area contributed by atoms with E-state index in [0.717, 1.165) is 19.3 Å². The number of hydrogen-bond donors (Lipinski definition) is 4. The van der Waals surface area contributed by atoms with Crippen molar-refractivity contribution >= 4 is 11.8 Å². The number of fused-ring (bicyclic) bond motifs is 1. The molecule has 0 amide bonds. The molecule has 4 N–H and O–H groups in total. The molecule has 3 fully saturated rings. The van der Waals surface area contributed by atoms with Gasteiger partial charge in [0, 0.05) is 17.4 Å². The van der Waals surface area contributed by atoms with Gasteiger partial charge in [-0.05, 0) is 55.6 Å². The molecule has 0 aliphatic heterocycles. The number of allylic oxidation sites excluding steroid dienone is 4. The highest BCUT2D eigenvalue weighted by atomic mass is 16.6. The molecule has 0 aromatic rings. The number of carbonyl (C=O) groups excluding carboxylic acids is 2. The van der Waals surface area contributed by atoms with E-state index in [1.54, 1.807) is 25.2 Å². The van der Waals surface area contributed by atoms with Gasteiger partial charge in [0.2, 0.25) is 0 Å². The second-order valence-electron chi connectivity index (χ2n) is 12.5. The molecule has 5 aliphatic carbocycles. The quantitative estimate of drug-likeness (QED) is 0.125. The van der Waals surface area contributed by atoms with E-state index < -0.39 is 58.7 Å². The van der Waals surface area contributed by atoms with Gasteiger partial charge in [-0.1, -0.05) is 70.9 Å². The molecule has 1 spiro atoms. The van der Waals surface area contributed by atoms with Crippen molar-refractivity contribution < 1.29 is 34.8 Å². The normalized spacial score (nSPS) is 41.6. The Morgan fingerprint density at radius 3 is 2.50 bits per heavy atom. The number of aliphatic hydroxyl groups excluding tert-OH is 3. The first-order valence-corrected chi connectivity index (χ1v) is 14.0. The Balaban J connectivity index is 1.70. The van der Waals surface area contributed by atoms with Crippen LogP contribution in [0.15, 0.2) is 47.6 Å². The first-order valence-electron chi connectivity index (χ1n) is 14.0. The number of rotatable bonds is 8. The average Bonchev–Trinajstić information content (AvgIpc) is 3.04. The van der Waals surface area contributed by atoms with E-state index in [0.29, 0.717) is 12.0 Å². The van der Waals surface area contributed by atoms with Crippen LogP contribution in [-0.4, -0.2) is 62.2 Å². The van der Waals surface area contributed by atoms with Gasteiger partial charge in [0.05, 0.1) is 12.0 Å². The summed E-state index contributed by atoms with van der Waals surface area (Å²) in [5.41, 5.74) is -4.78. The number of aliphatic hydroxyl groups is 4. The maximum atomic E-state index is 14.4. The van der Waals surface area contributed by atoms with E-state index in [4.69, 9.17) is 4.74 Å². The van der Waals surface area contributed by atoms with Gasteiger partial charge in [-0.15, -0.1) is 0 Å². The summed E-state index contributed by atoms with van der Waals surface area (Å²) in [6, 6.07) is 0. The minimum atomic E-state index is -2.24. The monoisotopic (exact) mass is 528 g/mol. The Hall–Kier alpha value is -2.06. The predicted molar refractivity (Wildman–Crippen MR) is 144 cm³/mol. The molecule has 7 nitrogen and oxygen atoms in total. The van der Waals surface area contributed by atoms with Gasteiger partial charge in [-0.2, -0.15) is 0 Å². The van der Waals surface area contributed by atoms with E-state index >= 15 is 0 Å². The smallest absolute Gasteiger partial charge is 0.331 e. The molecule has 0 heterocycles. The lowest BCUT2D eigenvalue weighted by atomic mass is 9.41. The minimum Gasteiger partial charge on any atom is -0.455 e. The summed E-state index contributed by atoms with van der Waals surface area (Å²) < 4.78 is 6.20. The summed E-state index contributed by atoms with van der Waals surface area (Å²) >= 11 is 0. The number of Topliss-reactive ketones (excluding diaryl/α,β-unsaturated/α-hetero) is 1. The lowest BCUT2D eigenvalue weighted by Gasteiger charge is -2.66. The van der Waals surface area contributed by atoms with Crippen LogP contribution in [0.25, 0.3) is 0 Å². The van der Waals surface area contributed by atoms with Crippen LogP contribution in [0.1, 0.15) is 73.1 Å². The van der Waals surface area contributed by atoms with Crippen LogP contribution < -0.4 is 0 Å². The zero-order chi connectivity index (χ0) is 28.1. The highest BCUT2D eigenvalue weighted by Crippen LogP contribution is 2.69. The molecule has 3 saturated carbocycles. The molecule has 8 atom stereocenters. The average molecular weight is 529 g/mol. The summed E-state index contributed by atoms with van der Waals surface area (Å²) in [5.74, 6) is -2.27. The van der Waals surface area contributed by atoms with Gasteiger partial charge in [-0.25, -0.2) is 4.79 Å². The number of hydrogen-bond acceptors (Lipinski definition) is 7. The van der Waals surface area contributed by atoms with Gasteiger partial charge in [0.1, 0.15) is 23.4 Å². The number of carbonyl (C=O) groups is 2. The number of ether oxygens (including phenoxy) is 1. The van der Waals surface area contributed by atoms with Crippen molar-refractivity contribution in [1.82, 2.24) is 0 Å². The third-order valence-electron chi connectivity index (χ3n) is 10.3. The molecular weight excluding hydrogens is 484 g/mol. The van der Waals surface area contributed by atoms with Crippen molar-refractivity contribution in [2.24, 2.45) is 28.6 Å². The summed E-state index contributed by atoms with van der Waals surface area (Å²) in [5, 5.41) is 44.6. The second kappa shape index (κ2) is 10.2. The number of esters is 1. The van der Waals surface area contributed by atoms with E-state index in [1.165, 1.54) is 12.5 Å². The Kier molecular flexibility index (Phi) is 7.74. The van der Waals surface area contributed by atoms with E-state index in [2.05, 4.69) is 6.92 Å². The van der Waals surface area contributed by atoms with E-state index in [1.807, 2.05) is 32.9 Å². The number of unbranched alkanes of at least 4 members (excludes halogenated alkanes) is 3. The fraction of sp³-hybridized carbons (Fsp3) is 0.677. The third-order valence-corrected chi connectivity index (χ3v) is 10.3. The molecule has 0 saturated heterocycles. The minimum absolute atomic E-state index is 0.128. The molecule has 4 bridgehead atoms. The van der Waals surface area contributed by atoms with Crippen LogP contribution in [0.3, 0.4) is 0 Å². The fourth-order valence-electron chi connectivity index (χ4n) is 7.87. The van der Waals surface area contributed by atoms with Gasteiger partial charge in [0.15, 0.2) is 5.78 Å². The summed E-state index contributed by atoms with van der Waals surface area (Å²) in [6.45, 7) is 9.05. The fourth-order valence-corrected chi connectivity index (χ4v) is 7.87. The van der Waals surface area contributed by atoms with Gasteiger partial charge in [0.25, 0.3) is 0 Å². The molecule has 5 aliphatic rings. The Morgan fingerprint density at radius 1 is 1.16 bits per heavy atom. The van der Waals surface area contributed by atoms with Gasteiger partial charge < -0.3 is 25.2 Å². The van der Waals surface area contributed by atoms with E-state index in [9.17, 15) is 30.0 Å². The van der Waals surface area contributed by atoms with Crippen molar-refractivity contribution in [2.75, 3.05) is 6.61 Å². The molecule has 0 aromatic carbocycles. The molecule has 0 radical (unpaired) electrons. The van der Waals surface area contributed by atoms with Gasteiger partial charge >= 0.3 is 5.97 Å². The summed E-state index contributed by atoms with van der Waals surface area (Å²) in [7, 11) is 0. The number of ketones is 1.